The van der Waals surface area contributed by atoms with E-state index in [9.17, 15) is 68.7 Å². The van der Waals surface area contributed by atoms with Crippen LogP contribution in [0.1, 0.15) is 116 Å². The number of likely N-dealkylation sites (N-methyl/N-ethyl adjacent to an activating group) is 1. The molecule has 5 heterocycles. The minimum absolute atomic E-state index is 0.00177. The SMILES string of the molecule is CCN(C(C)=O)C1CCOC(OC2C(O[C@H]3C#C/C=C\C#C[C@@]4(O)CC(=O)C(NC(=O)OC)=C3/C4=C\CSSC(C)(C)CCC(=O)NCCNC(=O)CCOCCOCCOCCOCCOCCOCCOCCOCCNC(=O)CCN3C(=O)C=CC3=O)OC(C)C(COC3CC(O)C(SC(=O)c4c(C)c(I)c(OC5OC(C)C(O)C(OC)C5O)c(OC)c4OC)C(C)O3)C2O)CC1OC. The Balaban J connectivity index is 0.780. The van der Waals surface area contributed by atoms with Gasteiger partial charge in [0.05, 0.1) is 209 Å². The van der Waals surface area contributed by atoms with Gasteiger partial charge in [-0.3, -0.25) is 48.6 Å². The Morgan fingerprint density at radius 3 is 1.82 bits per heavy atom. The van der Waals surface area contributed by atoms with Crippen LogP contribution in [0.25, 0.3) is 0 Å². The third-order valence-corrected chi connectivity index (χ3v) is 28.9. The second-order valence-corrected chi connectivity index (χ2v) is 38.3. The molecule has 768 valence electrons. The molecular formula is C92H135IN6O35S3. The van der Waals surface area contributed by atoms with Gasteiger partial charge in [-0.1, -0.05) is 63.1 Å². The molecule has 2 bridgehead atoms. The minimum atomic E-state index is -2.22. The number of thioether (sulfide) groups is 1. The lowest BCUT2D eigenvalue weighted by Crippen LogP contribution is -2.59. The van der Waals surface area contributed by atoms with Crippen molar-refractivity contribution < 1.29 is 168 Å². The Kier molecular flexibility index (Phi) is 50.6. The number of ether oxygens (including phenoxy) is 21. The van der Waals surface area contributed by atoms with Crippen LogP contribution in [-0.2, 0) is 119 Å². The number of allylic oxidation sites excluding steroid dienone is 3. The number of carbonyl (C=O) groups is 9. The summed E-state index contributed by atoms with van der Waals surface area (Å²) in [5, 5.41) is 69.0. The molecule has 137 heavy (non-hydrogen) atoms. The zero-order valence-electron chi connectivity index (χ0n) is 79.9. The van der Waals surface area contributed by atoms with Gasteiger partial charge in [-0.2, -0.15) is 0 Å². The third-order valence-electron chi connectivity index (χ3n) is 23.0. The van der Waals surface area contributed by atoms with Crippen molar-refractivity contribution in [1.29, 1.82) is 0 Å². The summed E-state index contributed by atoms with van der Waals surface area (Å²) in [7, 11) is 9.48. The summed E-state index contributed by atoms with van der Waals surface area (Å²) in [5.74, 6) is 8.31. The second-order valence-electron chi connectivity index (χ2n) is 33.1. The summed E-state index contributed by atoms with van der Waals surface area (Å²) in [5.41, 5.74) is -2.11. The summed E-state index contributed by atoms with van der Waals surface area (Å²) in [6, 6.07) is -0.439. The van der Waals surface area contributed by atoms with Crippen molar-refractivity contribution in [3.63, 3.8) is 0 Å². The number of methoxy groups -OCH3 is 5. The topological polar surface area (TPSA) is 503 Å². The lowest BCUT2D eigenvalue weighted by molar-refractivity contribution is -0.331. The van der Waals surface area contributed by atoms with Gasteiger partial charge < -0.3 is 146 Å². The third kappa shape index (κ3) is 35.7. The molecule has 5 aliphatic heterocycles. The molecule has 2 aliphatic carbocycles. The lowest BCUT2D eigenvalue weighted by Gasteiger charge is -2.46. The Bertz CT molecular complexity index is 4330. The van der Waals surface area contributed by atoms with Crippen LogP contribution < -0.4 is 35.5 Å². The number of Topliss-reactive ketones (excluding diaryl/α,β-unsaturated/α-hetero) is 1. The zero-order valence-corrected chi connectivity index (χ0v) is 84.5. The number of halogens is 1. The molecule has 0 radical (unpaired) electrons. The molecule has 1 aromatic carbocycles. The second kappa shape index (κ2) is 60.0. The van der Waals surface area contributed by atoms with E-state index in [0.717, 1.165) is 23.8 Å². The first-order chi connectivity index (χ1) is 65.7. The van der Waals surface area contributed by atoms with E-state index in [1.54, 1.807) is 38.7 Å². The van der Waals surface area contributed by atoms with Gasteiger partial charge in [0.2, 0.25) is 40.8 Å². The predicted octanol–water partition coefficient (Wildman–Crippen LogP) is 3.06. The molecule has 7 amide bonds. The van der Waals surface area contributed by atoms with Gasteiger partial charge >= 0.3 is 6.09 Å². The molecule has 41 nitrogen and oxygen atoms in total. The number of imide groups is 1. The van der Waals surface area contributed by atoms with E-state index in [0.29, 0.717) is 121 Å². The van der Waals surface area contributed by atoms with Crippen LogP contribution in [0.3, 0.4) is 0 Å². The molecule has 1 aromatic rings. The summed E-state index contributed by atoms with van der Waals surface area (Å²) in [6.07, 6.45) is -11.9. The maximum absolute atomic E-state index is 14.7. The monoisotopic (exact) mass is 2110 g/mol. The standard InChI is InChI=1S/C92H135IN6O35S3/c1-14-98(59(6)100)62-24-34-127-73(52-66(62)114-9)133-84-79(109)60(54-128-72-51-63(101)86(58(5)129-72)136-87(111)74-55(2)76(93)82(85(117-12)81(74)115-10)134-88-80(110)83(116-11)78(108)57(4)131-88)56(3)130-89(84)132-65-19-17-15-16-18-27-92(113)53-64(102)77(97-90(112)118-13)75(65)61(92)26-50-135-137-91(7,8)28-22-67(103)94-29-30-95-69(105)25-33-119-36-38-121-40-42-123-44-46-125-48-49-126-47-45-124-43-41-122-39-37-120-35-31-96-68(104)23-32-99-70(106)20-21-71(99)107/h15-16,20-21,26,56-58,60,62-63,65-66,72-73,78-80,83-84,86,88-89,101,108-110,113H,14,22-25,28-54H2,1-13H3,(H,94,103)(H,95,105)(H,96,104)(H,97,112)/b16-15-,61-26+/t56?,57?,58?,60?,62?,63?,65-,66?,72?,73?,78?,79?,80?,83?,84?,86?,88?,89?,92+/m0/s1. The molecular weight excluding hydrogens is 1970 g/mol. The highest BCUT2D eigenvalue weighted by Gasteiger charge is 2.53. The summed E-state index contributed by atoms with van der Waals surface area (Å²) in [6.45, 7) is 20.3. The number of hydrogen-bond acceptors (Lipinski definition) is 38. The van der Waals surface area contributed by atoms with E-state index in [-0.39, 0.29) is 154 Å². The quantitative estimate of drug-likeness (QED) is 0.0149. The van der Waals surface area contributed by atoms with Crippen molar-refractivity contribution in [1.82, 2.24) is 31.1 Å². The number of nitrogens with zero attached hydrogens (tertiary/aromatic N) is 2. The number of benzene rings is 1. The molecule has 8 rings (SSSR count). The fraction of sp³-hybridized carbons (Fsp3) is 0.707. The van der Waals surface area contributed by atoms with E-state index >= 15 is 0 Å². The van der Waals surface area contributed by atoms with Gasteiger partial charge in [-0.25, -0.2) is 4.79 Å². The van der Waals surface area contributed by atoms with Crippen molar-refractivity contribution in [2.75, 3.05) is 193 Å². The molecule has 0 saturated carbocycles. The summed E-state index contributed by atoms with van der Waals surface area (Å²) < 4.78 is 124. The molecule has 7 aliphatic rings. The van der Waals surface area contributed by atoms with Crippen LogP contribution in [0.4, 0.5) is 4.79 Å². The zero-order chi connectivity index (χ0) is 99.7. The molecule has 9 N–H and O–H groups in total. The van der Waals surface area contributed by atoms with Gasteiger partial charge in [-0.15, -0.1) is 0 Å². The summed E-state index contributed by atoms with van der Waals surface area (Å²) >= 11 is 2.80. The maximum Gasteiger partial charge on any atom is 0.411 e. The Hall–Kier alpha value is -6.77. The number of amides is 7. The van der Waals surface area contributed by atoms with Crippen LogP contribution in [0.15, 0.2) is 47.2 Å². The van der Waals surface area contributed by atoms with Crippen LogP contribution >= 0.6 is 55.9 Å². The smallest absolute Gasteiger partial charge is 0.411 e. The minimum Gasteiger partial charge on any atom is -0.492 e. The van der Waals surface area contributed by atoms with Crippen LogP contribution in [0.5, 0.6) is 17.2 Å². The molecule has 19 atom stereocenters. The molecule has 4 fully saturated rings. The molecule has 45 heteroatoms. The maximum atomic E-state index is 14.7. The van der Waals surface area contributed by atoms with Crippen LogP contribution in [0, 0.1) is 40.1 Å². The van der Waals surface area contributed by atoms with Gasteiger partial charge in [0.15, 0.2) is 41.8 Å². The van der Waals surface area contributed by atoms with Crippen molar-refractivity contribution >= 4 is 108 Å². The highest BCUT2D eigenvalue weighted by molar-refractivity contribution is 14.1. The van der Waals surface area contributed by atoms with Gasteiger partial charge in [-0.05, 0) is 102 Å². The van der Waals surface area contributed by atoms with Crippen LogP contribution in [-0.4, -0.2) is 395 Å². The van der Waals surface area contributed by atoms with Crippen molar-refractivity contribution in [3.8, 4) is 40.9 Å². The molecule has 17 unspecified atom stereocenters. The largest absolute Gasteiger partial charge is 0.492 e. The number of fused-ring (bicyclic) bond motifs is 2. The normalized spacial score (nSPS) is 27.2. The number of hydrogen-bond donors (Lipinski definition) is 9. The lowest BCUT2D eigenvalue weighted by atomic mass is 9.75. The number of alkyl carbamates (subject to hydrolysis) is 1. The molecule has 0 aromatic heterocycles. The van der Waals surface area contributed by atoms with Crippen LogP contribution in [0.2, 0.25) is 0 Å². The number of nitrogens with one attached hydrogen (secondary N) is 4. The summed E-state index contributed by atoms with van der Waals surface area (Å²) in [4.78, 5) is 119. The van der Waals surface area contributed by atoms with Gasteiger partial charge in [0.25, 0.3) is 11.8 Å². The van der Waals surface area contributed by atoms with Gasteiger partial charge in [0, 0.05) is 126 Å². The fourth-order valence-electron chi connectivity index (χ4n) is 15.7. The fourth-order valence-corrected chi connectivity index (χ4v) is 19.9. The van der Waals surface area contributed by atoms with Crippen molar-refractivity contribution in [3.05, 3.63) is 61.9 Å². The molecule has 0 spiro atoms. The van der Waals surface area contributed by atoms with E-state index in [1.165, 1.54) is 81.3 Å². The van der Waals surface area contributed by atoms with E-state index in [2.05, 4.69) is 44.9 Å². The van der Waals surface area contributed by atoms with Crippen molar-refractivity contribution in [2.24, 2.45) is 5.92 Å². The highest BCUT2D eigenvalue weighted by atomic mass is 127. The van der Waals surface area contributed by atoms with Crippen molar-refractivity contribution in [2.45, 2.75) is 221 Å². The number of carbonyl (C=O) groups excluding carboxylic acids is 9. The van der Waals surface area contributed by atoms with E-state index in [4.69, 9.17) is 99.5 Å². The number of aliphatic hydroxyl groups excluding tert-OH is 4. The predicted molar refractivity (Wildman–Crippen MR) is 506 cm³/mol. The number of ketones is 1. The Morgan fingerprint density at radius 2 is 1.24 bits per heavy atom. The highest BCUT2D eigenvalue weighted by Crippen LogP contribution is 2.50. The first kappa shape index (κ1) is 115. The van der Waals surface area contributed by atoms with E-state index < -0.39 is 155 Å². The van der Waals surface area contributed by atoms with Gasteiger partial charge in [0.1, 0.15) is 30.5 Å². The average molecular weight is 2110 g/mol. The number of rotatable bonds is 58. The first-order valence-corrected chi connectivity index (χ1v) is 49.9. The first-order valence-electron chi connectivity index (χ1n) is 45.6. The Labute approximate surface area is 825 Å². The Morgan fingerprint density at radius 1 is 0.664 bits per heavy atom. The number of aliphatic hydroxyl groups is 5. The van der Waals surface area contributed by atoms with E-state index in [1.807, 2.05) is 43.4 Å². The average Bonchev–Trinajstić information content (AvgIpc) is 1.10. The molecule has 4 saturated heterocycles.